The van der Waals surface area contributed by atoms with Gasteiger partial charge >= 0.3 is 0 Å². The number of nitrogens with zero attached hydrogens (tertiary/aromatic N) is 1. The number of hydrogen-bond acceptors (Lipinski definition) is 2. The SMILES string of the molecule is CSC1=CC=CCC=N1. The van der Waals surface area contributed by atoms with Crippen molar-refractivity contribution in [3.05, 3.63) is 23.3 Å². The Balaban J connectivity index is 2.67. The van der Waals surface area contributed by atoms with Crippen molar-refractivity contribution in [3.63, 3.8) is 0 Å². The summed E-state index contributed by atoms with van der Waals surface area (Å²) in [5.41, 5.74) is 0. The predicted molar refractivity (Wildman–Crippen MR) is 43.8 cm³/mol. The Morgan fingerprint density at radius 1 is 1.67 bits per heavy atom. The Bertz CT molecular complexity index is 168. The minimum Gasteiger partial charge on any atom is -0.254 e. The van der Waals surface area contributed by atoms with Crippen molar-refractivity contribution >= 4 is 18.0 Å². The average Bonchev–Trinajstić information content (AvgIpc) is 2.13. The summed E-state index contributed by atoms with van der Waals surface area (Å²) in [6.07, 6.45) is 11.1. The molecule has 0 aromatic rings. The Morgan fingerprint density at radius 2 is 2.56 bits per heavy atom. The molecular weight excluding hydrogens is 130 g/mol. The first-order valence-electron chi connectivity index (χ1n) is 2.87. The van der Waals surface area contributed by atoms with E-state index in [0.29, 0.717) is 0 Å². The van der Waals surface area contributed by atoms with Gasteiger partial charge in [0.05, 0.1) is 5.03 Å². The molecule has 1 nitrogen and oxygen atoms in total. The zero-order chi connectivity index (χ0) is 6.53. The number of hydrogen-bond donors (Lipinski definition) is 0. The first kappa shape index (κ1) is 6.62. The van der Waals surface area contributed by atoms with Crippen LogP contribution in [0.3, 0.4) is 0 Å². The molecule has 0 fully saturated rings. The molecule has 1 rings (SSSR count). The van der Waals surface area contributed by atoms with E-state index in [1.165, 1.54) is 0 Å². The minimum atomic E-state index is 0.959. The number of thioether (sulfide) groups is 1. The quantitative estimate of drug-likeness (QED) is 0.542. The van der Waals surface area contributed by atoms with Gasteiger partial charge in [0, 0.05) is 12.6 Å². The highest BCUT2D eigenvalue weighted by Gasteiger charge is 1.88. The lowest BCUT2D eigenvalue weighted by Crippen LogP contribution is -1.68. The maximum absolute atomic E-state index is 4.18. The first-order valence-corrected chi connectivity index (χ1v) is 4.09. The molecule has 0 unspecified atom stereocenters. The Labute approximate surface area is 59.6 Å². The van der Waals surface area contributed by atoms with Gasteiger partial charge in [-0.3, -0.25) is 4.99 Å². The molecule has 0 aromatic heterocycles. The van der Waals surface area contributed by atoms with Gasteiger partial charge in [-0.25, -0.2) is 0 Å². The molecule has 0 N–H and O–H groups in total. The van der Waals surface area contributed by atoms with Crippen molar-refractivity contribution in [1.82, 2.24) is 0 Å². The van der Waals surface area contributed by atoms with Gasteiger partial charge in [0.15, 0.2) is 0 Å². The maximum atomic E-state index is 4.18. The molecule has 0 atom stereocenters. The molecule has 1 aliphatic rings. The molecule has 0 aromatic carbocycles. The highest BCUT2D eigenvalue weighted by molar-refractivity contribution is 8.02. The fourth-order valence-corrected chi connectivity index (χ4v) is 0.991. The van der Waals surface area contributed by atoms with Gasteiger partial charge < -0.3 is 0 Å². The lowest BCUT2D eigenvalue weighted by Gasteiger charge is -1.88. The van der Waals surface area contributed by atoms with E-state index in [9.17, 15) is 0 Å². The molecule has 2 heteroatoms. The topological polar surface area (TPSA) is 12.4 Å². The van der Waals surface area contributed by atoms with Crippen molar-refractivity contribution in [2.24, 2.45) is 4.99 Å². The number of allylic oxidation sites excluding steroid dienone is 3. The molecule has 0 amide bonds. The summed E-state index contributed by atoms with van der Waals surface area (Å²) in [5.74, 6) is 0. The van der Waals surface area contributed by atoms with E-state index < -0.39 is 0 Å². The van der Waals surface area contributed by atoms with Crippen molar-refractivity contribution in [3.8, 4) is 0 Å². The summed E-state index contributed by atoms with van der Waals surface area (Å²) in [5, 5.41) is 1.09. The van der Waals surface area contributed by atoms with E-state index in [0.717, 1.165) is 11.4 Å². The van der Waals surface area contributed by atoms with Crippen LogP contribution in [0.1, 0.15) is 6.42 Å². The third-order valence-corrected chi connectivity index (χ3v) is 1.70. The molecule has 1 heterocycles. The van der Waals surface area contributed by atoms with Crippen LogP contribution in [0, 0.1) is 0 Å². The van der Waals surface area contributed by atoms with E-state index in [4.69, 9.17) is 0 Å². The van der Waals surface area contributed by atoms with Gasteiger partial charge in [-0.05, 0) is 12.3 Å². The molecule has 0 bridgehead atoms. The second-order valence-corrected chi connectivity index (χ2v) is 2.51. The smallest absolute Gasteiger partial charge is 0.0953 e. The highest BCUT2D eigenvalue weighted by atomic mass is 32.2. The van der Waals surface area contributed by atoms with E-state index in [-0.39, 0.29) is 0 Å². The minimum absolute atomic E-state index is 0.959. The molecule has 48 valence electrons. The van der Waals surface area contributed by atoms with Crippen LogP contribution >= 0.6 is 11.8 Å². The maximum Gasteiger partial charge on any atom is 0.0953 e. The summed E-state index contributed by atoms with van der Waals surface area (Å²) in [4.78, 5) is 4.18. The summed E-state index contributed by atoms with van der Waals surface area (Å²) in [7, 11) is 0. The van der Waals surface area contributed by atoms with Crippen LogP contribution in [-0.4, -0.2) is 12.5 Å². The van der Waals surface area contributed by atoms with Crippen LogP contribution in [0.5, 0.6) is 0 Å². The highest BCUT2D eigenvalue weighted by Crippen LogP contribution is 2.13. The van der Waals surface area contributed by atoms with Crippen molar-refractivity contribution in [2.45, 2.75) is 6.42 Å². The molecule has 0 saturated carbocycles. The van der Waals surface area contributed by atoms with Gasteiger partial charge in [0.1, 0.15) is 0 Å². The summed E-state index contributed by atoms with van der Waals surface area (Å²) >= 11 is 1.67. The Hall–Kier alpha value is -0.500. The molecule has 0 aliphatic carbocycles. The average molecular weight is 139 g/mol. The fraction of sp³-hybridized carbons (Fsp3) is 0.286. The predicted octanol–water partition coefficient (Wildman–Crippen LogP) is 2.22. The molecule has 0 saturated heterocycles. The molecular formula is C7H9NS. The van der Waals surface area contributed by atoms with Crippen LogP contribution in [0.15, 0.2) is 28.2 Å². The lowest BCUT2D eigenvalue weighted by atomic mass is 10.4. The summed E-state index contributed by atoms with van der Waals surface area (Å²) in [6, 6.07) is 0. The van der Waals surface area contributed by atoms with Gasteiger partial charge in [-0.15, -0.1) is 11.8 Å². The number of aliphatic imine (C=N–C) groups is 1. The zero-order valence-corrected chi connectivity index (χ0v) is 6.19. The number of rotatable bonds is 1. The zero-order valence-electron chi connectivity index (χ0n) is 5.37. The van der Waals surface area contributed by atoms with E-state index in [1.54, 1.807) is 11.8 Å². The molecule has 0 spiro atoms. The summed E-state index contributed by atoms with van der Waals surface area (Å²) < 4.78 is 0. The third-order valence-electron chi connectivity index (χ3n) is 1.04. The van der Waals surface area contributed by atoms with Gasteiger partial charge in [-0.2, -0.15) is 0 Å². The summed E-state index contributed by atoms with van der Waals surface area (Å²) in [6.45, 7) is 0. The standard InChI is InChI=1S/C7H9NS/c1-9-7-5-3-2-4-6-8-7/h2-3,5-6H,4H2,1H3. The van der Waals surface area contributed by atoms with Crippen LogP contribution in [0.4, 0.5) is 0 Å². The first-order chi connectivity index (χ1) is 4.43. The van der Waals surface area contributed by atoms with E-state index >= 15 is 0 Å². The molecule has 9 heavy (non-hydrogen) atoms. The molecule has 0 radical (unpaired) electrons. The van der Waals surface area contributed by atoms with Crippen molar-refractivity contribution in [2.75, 3.05) is 6.26 Å². The van der Waals surface area contributed by atoms with E-state index in [2.05, 4.69) is 11.1 Å². The van der Waals surface area contributed by atoms with Crippen molar-refractivity contribution < 1.29 is 0 Å². The van der Waals surface area contributed by atoms with Gasteiger partial charge in [-0.1, -0.05) is 12.2 Å². The van der Waals surface area contributed by atoms with Crippen LogP contribution in [0.2, 0.25) is 0 Å². The van der Waals surface area contributed by atoms with Crippen LogP contribution < -0.4 is 0 Å². The second-order valence-electron chi connectivity index (χ2n) is 1.68. The van der Waals surface area contributed by atoms with Crippen LogP contribution in [-0.2, 0) is 0 Å². The normalized spacial score (nSPS) is 17.2. The Morgan fingerprint density at radius 3 is 3.33 bits per heavy atom. The fourth-order valence-electron chi connectivity index (χ4n) is 0.596. The van der Waals surface area contributed by atoms with Crippen molar-refractivity contribution in [1.29, 1.82) is 0 Å². The van der Waals surface area contributed by atoms with Crippen LogP contribution in [0.25, 0.3) is 0 Å². The molecule has 1 aliphatic heterocycles. The Kier molecular flexibility index (Phi) is 2.58. The monoisotopic (exact) mass is 139 g/mol. The van der Waals surface area contributed by atoms with Gasteiger partial charge in [0.25, 0.3) is 0 Å². The third kappa shape index (κ3) is 2.06. The second kappa shape index (κ2) is 3.51. The van der Waals surface area contributed by atoms with E-state index in [1.807, 2.05) is 24.6 Å². The lowest BCUT2D eigenvalue weighted by molar-refractivity contribution is 1.49. The van der Waals surface area contributed by atoms with Gasteiger partial charge in [0.2, 0.25) is 0 Å². The largest absolute Gasteiger partial charge is 0.254 e.